The van der Waals surface area contributed by atoms with Crippen LogP contribution < -0.4 is 0 Å². The van der Waals surface area contributed by atoms with Gasteiger partial charge in [-0.05, 0) is 53.6 Å². The van der Waals surface area contributed by atoms with E-state index in [9.17, 15) is 9.59 Å². The number of hydrogen-bond donors (Lipinski definition) is 0. The summed E-state index contributed by atoms with van der Waals surface area (Å²) in [5, 5.41) is 0. The molecule has 6 heteroatoms. The normalized spacial score (nSPS) is 12.3. The molecule has 1 unspecified atom stereocenters. The zero-order valence-corrected chi connectivity index (χ0v) is 18.1. The summed E-state index contributed by atoms with van der Waals surface area (Å²) in [5.74, 6) is -0.249. The average molecular weight is 388 g/mol. The molecule has 0 N–H and O–H groups in total. The van der Waals surface area contributed by atoms with Gasteiger partial charge in [-0.1, -0.05) is 39.0 Å². The lowest BCUT2D eigenvalue weighted by Crippen LogP contribution is -2.22. The van der Waals surface area contributed by atoms with E-state index in [4.69, 9.17) is 14.2 Å². The molecular formula is C21H41NO5. The van der Waals surface area contributed by atoms with E-state index >= 15 is 0 Å². The second kappa shape index (κ2) is 16.8. The van der Waals surface area contributed by atoms with E-state index in [1.807, 2.05) is 32.8 Å². The lowest BCUT2D eigenvalue weighted by atomic mass is 10.0. The van der Waals surface area contributed by atoms with Gasteiger partial charge in [-0.3, -0.25) is 4.79 Å². The molecule has 0 aliphatic carbocycles. The minimum atomic E-state index is -0.637. The van der Waals surface area contributed by atoms with Gasteiger partial charge in [-0.15, -0.1) is 0 Å². The molecule has 1 atom stereocenters. The number of ether oxygens (including phenoxy) is 3. The third kappa shape index (κ3) is 17.9. The summed E-state index contributed by atoms with van der Waals surface area (Å²) in [4.78, 5) is 25.7. The van der Waals surface area contributed by atoms with Gasteiger partial charge >= 0.3 is 12.1 Å². The fraction of sp³-hybridized carbons (Fsp3) is 0.905. The first-order valence-corrected chi connectivity index (χ1v) is 10.5. The van der Waals surface area contributed by atoms with Crippen LogP contribution in [0.1, 0.15) is 85.0 Å². The SMILES string of the molecule is CCCCCCCCC(CCC(=O)OC(C)C)OC(=O)OCCCN(C)C. The van der Waals surface area contributed by atoms with E-state index in [-0.39, 0.29) is 24.6 Å². The number of hydrogen-bond acceptors (Lipinski definition) is 6. The monoisotopic (exact) mass is 387 g/mol. The maximum Gasteiger partial charge on any atom is 0.508 e. The molecule has 0 aromatic carbocycles. The Balaban J connectivity index is 4.23. The zero-order chi connectivity index (χ0) is 20.5. The molecule has 0 aliphatic rings. The van der Waals surface area contributed by atoms with Crippen LogP contribution in [0.25, 0.3) is 0 Å². The van der Waals surface area contributed by atoms with Crippen molar-refractivity contribution in [3.05, 3.63) is 0 Å². The van der Waals surface area contributed by atoms with Crippen molar-refractivity contribution in [1.82, 2.24) is 4.90 Å². The predicted molar refractivity (Wildman–Crippen MR) is 108 cm³/mol. The molecule has 0 aliphatic heterocycles. The summed E-state index contributed by atoms with van der Waals surface area (Å²) in [5.41, 5.74) is 0. The summed E-state index contributed by atoms with van der Waals surface area (Å²) in [6, 6.07) is 0. The number of esters is 1. The van der Waals surface area contributed by atoms with Crippen molar-refractivity contribution >= 4 is 12.1 Å². The van der Waals surface area contributed by atoms with Crippen LogP contribution >= 0.6 is 0 Å². The highest BCUT2D eigenvalue weighted by Gasteiger charge is 2.18. The summed E-state index contributed by atoms with van der Waals surface area (Å²) >= 11 is 0. The van der Waals surface area contributed by atoms with Gasteiger partial charge < -0.3 is 19.1 Å². The Bertz CT molecular complexity index is 385. The Hall–Kier alpha value is -1.30. The zero-order valence-electron chi connectivity index (χ0n) is 18.1. The fourth-order valence-electron chi connectivity index (χ4n) is 2.72. The average Bonchev–Trinajstić information content (AvgIpc) is 2.58. The minimum Gasteiger partial charge on any atom is -0.463 e. The predicted octanol–water partition coefficient (Wildman–Crippen LogP) is 4.94. The number of unbranched alkanes of at least 4 members (excludes halogenated alkanes) is 5. The quantitative estimate of drug-likeness (QED) is 0.276. The minimum absolute atomic E-state index is 0.128. The Morgan fingerprint density at radius 2 is 1.56 bits per heavy atom. The molecule has 0 rings (SSSR count). The molecule has 6 nitrogen and oxygen atoms in total. The van der Waals surface area contributed by atoms with Gasteiger partial charge in [-0.2, -0.15) is 0 Å². The van der Waals surface area contributed by atoms with Crippen molar-refractivity contribution in [1.29, 1.82) is 0 Å². The summed E-state index contributed by atoms with van der Waals surface area (Å²) < 4.78 is 15.8. The van der Waals surface area contributed by atoms with Crippen molar-refractivity contribution in [2.75, 3.05) is 27.2 Å². The Morgan fingerprint density at radius 3 is 2.19 bits per heavy atom. The molecular weight excluding hydrogens is 346 g/mol. The highest BCUT2D eigenvalue weighted by atomic mass is 16.7. The molecule has 0 amide bonds. The van der Waals surface area contributed by atoms with Gasteiger partial charge in [0.25, 0.3) is 0 Å². The number of nitrogens with zero attached hydrogens (tertiary/aromatic N) is 1. The van der Waals surface area contributed by atoms with E-state index in [1.54, 1.807) is 0 Å². The lowest BCUT2D eigenvalue weighted by Gasteiger charge is -2.18. The smallest absolute Gasteiger partial charge is 0.463 e. The van der Waals surface area contributed by atoms with Gasteiger partial charge in [0.1, 0.15) is 6.10 Å². The van der Waals surface area contributed by atoms with Crippen molar-refractivity contribution < 1.29 is 23.8 Å². The molecule has 0 saturated carbocycles. The molecule has 160 valence electrons. The van der Waals surface area contributed by atoms with Crippen LogP contribution in [0.3, 0.4) is 0 Å². The Kier molecular flexibility index (Phi) is 16.0. The van der Waals surface area contributed by atoms with Crippen molar-refractivity contribution in [3.63, 3.8) is 0 Å². The van der Waals surface area contributed by atoms with Crippen LogP contribution in [-0.4, -0.2) is 56.5 Å². The van der Waals surface area contributed by atoms with Crippen molar-refractivity contribution in [2.45, 2.75) is 97.2 Å². The van der Waals surface area contributed by atoms with Gasteiger partial charge in [0.2, 0.25) is 0 Å². The topological polar surface area (TPSA) is 65.1 Å². The molecule has 27 heavy (non-hydrogen) atoms. The molecule has 0 bridgehead atoms. The van der Waals surface area contributed by atoms with Crippen molar-refractivity contribution in [3.8, 4) is 0 Å². The third-order valence-electron chi connectivity index (χ3n) is 4.15. The summed E-state index contributed by atoms with van der Waals surface area (Å²) in [6.07, 6.45) is 8.25. The van der Waals surface area contributed by atoms with Crippen LogP contribution in [0.2, 0.25) is 0 Å². The molecule has 0 radical (unpaired) electrons. The van der Waals surface area contributed by atoms with Gasteiger partial charge in [-0.25, -0.2) is 4.79 Å². The van der Waals surface area contributed by atoms with Crippen LogP contribution in [-0.2, 0) is 19.0 Å². The molecule has 0 aromatic rings. The van der Waals surface area contributed by atoms with E-state index in [0.29, 0.717) is 13.0 Å². The van der Waals surface area contributed by atoms with Crippen molar-refractivity contribution in [2.24, 2.45) is 0 Å². The second-order valence-corrected chi connectivity index (χ2v) is 7.63. The third-order valence-corrected chi connectivity index (χ3v) is 4.15. The van der Waals surface area contributed by atoms with E-state index in [1.165, 1.54) is 25.7 Å². The van der Waals surface area contributed by atoms with Crippen LogP contribution in [0.4, 0.5) is 4.79 Å². The maximum atomic E-state index is 11.9. The van der Waals surface area contributed by atoms with Gasteiger partial charge in [0.15, 0.2) is 0 Å². The second-order valence-electron chi connectivity index (χ2n) is 7.63. The molecule has 0 aromatic heterocycles. The lowest BCUT2D eigenvalue weighted by molar-refractivity contribution is -0.148. The van der Waals surface area contributed by atoms with E-state index < -0.39 is 6.16 Å². The standard InChI is InChI=1S/C21H41NO5/c1-6-7-8-9-10-11-13-19(14-15-20(23)26-18(2)3)27-21(24)25-17-12-16-22(4)5/h18-19H,6-17H2,1-5H3. The Labute approximate surface area is 165 Å². The van der Waals surface area contributed by atoms with E-state index in [0.717, 1.165) is 32.2 Å². The molecule has 0 heterocycles. The van der Waals surface area contributed by atoms with E-state index in [2.05, 4.69) is 6.92 Å². The van der Waals surface area contributed by atoms with Crippen LogP contribution in [0, 0.1) is 0 Å². The summed E-state index contributed by atoms with van der Waals surface area (Å²) in [6.45, 7) is 7.05. The van der Waals surface area contributed by atoms with Gasteiger partial charge in [0.05, 0.1) is 12.7 Å². The first kappa shape index (κ1) is 25.7. The maximum absolute atomic E-state index is 11.9. The largest absolute Gasteiger partial charge is 0.508 e. The summed E-state index contributed by atoms with van der Waals surface area (Å²) in [7, 11) is 3.95. The number of carbonyl (C=O) groups excluding carboxylic acids is 2. The van der Waals surface area contributed by atoms with Gasteiger partial charge in [0, 0.05) is 13.0 Å². The van der Waals surface area contributed by atoms with Crippen LogP contribution in [0.5, 0.6) is 0 Å². The highest BCUT2D eigenvalue weighted by molar-refractivity contribution is 5.69. The number of carbonyl (C=O) groups is 2. The molecule has 0 saturated heterocycles. The molecule has 0 fully saturated rings. The Morgan fingerprint density at radius 1 is 0.889 bits per heavy atom. The molecule has 0 spiro atoms. The van der Waals surface area contributed by atoms with Crippen LogP contribution in [0.15, 0.2) is 0 Å². The first-order valence-electron chi connectivity index (χ1n) is 10.5. The highest BCUT2D eigenvalue weighted by Crippen LogP contribution is 2.15. The fourth-order valence-corrected chi connectivity index (χ4v) is 2.72. The first-order chi connectivity index (χ1) is 12.8. The number of rotatable bonds is 16.